The maximum absolute atomic E-state index is 11.8. The summed E-state index contributed by atoms with van der Waals surface area (Å²) in [5.41, 5.74) is 8.51. The molecule has 8 nitrogen and oxygen atoms in total. The van der Waals surface area contributed by atoms with Gasteiger partial charge in [-0.15, -0.1) is 0 Å². The summed E-state index contributed by atoms with van der Waals surface area (Å²) in [6.45, 7) is 6.34. The summed E-state index contributed by atoms with van der Waals surface area (Å²) in [7, 11) is 0. The highest BCUT2D eigenvalue weighted by Crippen LogP contribution is 2.29. The molecule has 0 bridgehead atoms. The number of anilines is 1. The third-order valence-electron chi connectivity index (χ3n) is 4.26. The van der Waals surface area contributed by atoms with Gasteiger partial charge in [0.2, 0.25) is 0 Å². The van der Waals surface area contributed by atoms with Crippen molar-refractivity contribution in [3.8, 4) is 11.1 Å². The lowest BCUT2D eigenvalue weighted by atomic mass is 10.0. The Kier molecular flexibility index (Phi) is 5.48. The molecule has 3 heterocycles. The van der Waals surface area contributed by atoms with Gasteiger partial charge < -0.3 is 15.8 Å². The number of amides is 3. The van der Waals surface area contributed by atoms with Crippen LogP contribution >= 0.6 is 0 Å². The van der Waals surface area contributed by atoms with Crippen LogP contribution in [0, 0.1) is 0 Å². The van der Waals surface area contributed by atoms with Crippen LogP contribution in [0.3, 0.4) is 0 Å². The standard InChI is InChI=1S/C20H25N5O3/c1-20(2,3)28-19(27)24-10-13-7-15(11-22-9-13)16-8-14-5-4-6-25(18(21)26)17(14)23-12-16/h7-9,11-12H,4-6,10H2,1-3H3,(H2,21,26)(H,24,27). The number of urea groups is 1. The number of pyridine rings is 2. The van der Waals surface area contributed by atoms with Crippen molar-refractivity contribution in [2.24, 2.45) is 5.73 Å². The average Bonchev–Trinajstić information content (AvgIpc) is 2.64. The SMILES string of the molecule is CC(C)(C)OC(=O)NCc1cncc(-c2cnc3c(c2)CCCN3C(N)=O)c1. The van der Waals surface area contributed by atoms with Crippen LogP contribution in [0.4, 0.5) is 15.4 Å². The van der Waals surface area contributed by atoms with E-state index in [-0.39, 0.29) is 0 Å². The lowest BCUT2D eigenvalue weighted by Crippen LogP contribution is -2.40. The number of hydrogen-bond acceptors (Lipinski definition) is 5. The number of nitrogens with zero attached hydrogens (tertiary/aromatic N) is 3. The zero-order chi connectivity index (χ0) is 20.3. The molecule has 0 radical (unpaired) electrons. The van der Waals surface area contributed by atoms with Gasteiger partial charge in [0, 0.05) is 42.8 Å². The average molecular weight is 383 g/mol. The van der Waals surface area contributed by atoms with Crippen LogP contribution < -0.4 is 16.0 Å². The van der Waals surface area contributed by atoms with Gasteiger partial charge in [-0.1, -0.05) is 0 Å². The summed E-state index contributed by atoms with van der Waals surface area (Å²) in [5, 5.41) is 2.73. The predicted molar refractivity (Wildman–Crippen MR) is 106 cm³/mol. The number of primary amides is 1. The zero-order valence-electron chi connectivity index (χ0n) is 16.4. The zero-order valence-corrected chi connectivity index (χ0v) is 16.4. The molecule has 1 aliphatic rings. The molecule has 28 heavy (non-hydrogen) atoms. The molecule has 0 atom stereocenters. The van der Waals surface area contributed by atoms with E-state index in [2.05, 4.69) is 15.3 Å². The van der Waals surface area contributed by atoms with Crippen molar-refractivity contribution in [1.82, 2.24) is 15.3 Å². The summed E-state index contributed by atoms with van der Waals surface area (Å²) in [5.74, 6) is 0.623. The van der Waals surface area contributed by atoms with Gasteiger partial charge in [0.05, 0.1) is 0 Å². The Balaban J connectivity index is 1.75. The van der Waals surface area contributed by atoms with E-state index in [1.165, 1.54) is 4.90 Å². The number of rotatable bonds is 3. The third kappa shape index (κ3) is 4.76. The second kappa shape index (κ2) is 7.84. The first-order valence-corrected chi connectivity index (χ1v) is 9.20. The van der Waals surface area contributed by atoms with Gasteiger partial charge >= 0.3 is 12.1 Å². The highest BCUT2D eigenvalue weighted by molar-refractivity contribution is 5.91. The lowest BCUT2D eigenvalue weighted by Gasteiger charge is -2.26. The van der Waals surface area contributed by atoms with Crippen molar-refractivity contribution in [3.05, 3.63) is 41.9 Å². The third-order valence-corrected chi connectivity index (χ3v) is 4.26. The predicted octanol–water partition coefficient (Wildman–Crippen LogP) is 3.00. The molecule has 0 spiro atoms. The fourth-order valence-corrected chi connectivity index (χ4v) is 3.07. The molecule has 0 saturated carbocycles. The van der Waals surface area contributed by atoms with Crippen LogP contribution in [0.2, 0.25) is 0 Å². The second-order valence-electron chi connectivity index (χ2n) is 7.74. The molecule has 148 valence electrons. The number of ether oxygens (including phenoxy) is 1. The normalized spacial score (nSPS) is 13.6. The van der Waals surface area contributed by atoms with Crippen LogP contribution in [0.25, 0.3) is 11.1 Å². The van der Waals surface area contributed by atoms with E-state index in [1.54, 1.807) is 18.6 Å². The molecule has 0 unspecified atom stereocenters. The number of alkyl carbamates (subject to hydrolysis) is 1. The van der Waals surface area contributed by atoms with Crippen molar-refractivity contribution in [1.29, 1.82) is 0 Å². The Bertz CT molecular complexity index is 892. The quantitative estimate of drug-likeness (QED) is 0.846. The van der Waals surface area contributed by atoms with Crippen LogP contribution in [-0.2, 0) is 17.7 Å². The van der Waals surface area contributed by atoms with Gasteiger partial charge in [-0.2, -0.15) is 0 Å². The first-order chi connectivity index (χ1) is 13.2. The first-order valence-electron chi connectivity index (χ1n) is 9.20. The number of hydrogen-bond donors (Lipinski definition) is 2. The minimum atomic E-state index is -0.544. The van der Waals surface area contributed by atoms with Gasteiger partial charge in [0.1, 0.15) is 11.4 Å². The number of nitrogens with one attached hydrogen (secondary N) is 1. The van der Waals surface area contributed by atoms with Gasteiger partial charge in [0.15, 0.2) is 0 Å². The summed E-state index contributed by atoms with van der Waals surface area (Å²) >= 11 is 0. The first kappa shape index (κ1) is 19.6. The Hall–Kier alpha value is -3.16. The maximum atomic E-state index is 11.8. The highest BCUT2D eigenvalue weighted by Gasteiger charge is 2.22. The molecule has 3 amide bonds. The molecular formula is C20H25N5O3. The fraction of sp³-hybridized carbons (Fsp3) is 0.400. The van der Waals surface area contributed by atoms with E-state index in [0.29, 0.717) is 18.9 Å². The van der Waals surface area contributed by atoms with Gasteiger partial charge in [0.25, 0.3) is 0 Å². The lowest BCUT2D eigenvalue weighted by molar-refractivity contribution is 0.0523. The fourth-order valence-electron chi connectivity index (χ4n) is 3.07. The minimum Gasteiger partial charge on any atom is -0.444 e. The second-order valence-corrected chi connectivity index (χ2v) is 7.74. The molecule has 0 aliphatic carbocycles. The number of carbonyl (C=O) groups excluding carboxylic acids is 2. The topological polar surface area (TPSA) is 110 Å². The largest absolute Gasteiger partial charge is 0.444 e. The summed E-state index contributed by atoms with van der Waals surface area (Å²) < 4.78 is 5.24. The van der Waals surface area contributed by atoms with Gasteiger partial charge in [-0.3, -0.25) is 9.88 Å². The van der Waals surface area contributed by atoms with Crippen LogP contribution in [0.15, 0.2) is 30.7 Å². The Morgan fingerprint density at radius 3 is 2.68 bits per heavy atom. The van der Waals surface area contributed by atoms with Crippen molar-refractivity contribution >= 4 is 17.9 Å². The number of aryl methyl sites for hydroxylation is 1. The molecule has 2 aromatic rings. The van der Waals surface area contributed by atoms with Gasteiger partial charge in [-0.05, 0) is 56.9 Å². The van der Waals surface area contributed by atoms with Crippen LogP contribution in [0.1, 0.15) is 38.3 Å². The number of fused-ring (bicyclic) bond motifs is 1. The molecule has 3 N–H and O–H groups in total. The van der Waals surface area contributed by atoms with Crippen LogP contribution in [0.5, 0.6) is 0 Å². The van der Waals surface area contributed by atoms with E-state index in [1.807, 2.05) is 32.9 Å². The van der Waals surface area contributed by atoms with E-state index < -0.39 is 17.7 Å². The Labute approximate surface area is 164 Å². The van der Waals surface area contributed by atoms with Crippen molar-refractivity contribution < 1.29 is 14.3 Å². The summed E-state index contributed by atoms with van der Waals surface area (Å²) in [6, 6.07) is 3.47. The van der Waals surface area contributed by atoms with E-state index >= 15 is 0 Å². The van der Waals surface area contributed by atoms with E-state index in [0.717, 1.165) is 35.1 Å². The minimum absolute atomic E-state index is 0.309. The molecule has 8 heteroatoms. The van der Waals surface area contributed by atoms with E-state index in [9.17, 15) is 9.59 Å². The summed E-state index contributed by atoms with van der Waals surface area (Å²) in [4.78, 5) is 33.6. The molecule has 2 aromatic heterocycles. The molecule has 0 fully saturated rings. The van der Waals surface area contributed by atoms with Gasteiger partial charge in [-0.25, -0.2) is 14.6 Å². The molecule has 1 aliphatic heterocycles. The number of nitrogens with two attached hydrogens (primary N) is 1. The Morgan fingerprint density at radius 1 is 1.21 bits per heavy atom. The molecule has 3 rings (SSSR count). The highest BCUT2D eigenvalue weighted by atomic mass is 16.6. The smallest absolute Gasteiger partial charge is 0.407 e. The van der Waals surface area contributed by atoms with E-state index in [4.69, 9.17) is 10.5 Å². The molecule has 0 saturated heterocycles. The number of carbonyl (C=O) groups is 2. The summed E-state index contributed by atoms with van der Waals surface area (Å²) in [6.07, 6.45) is 6.37. The monoisotopic (exact) mass is 383 g/mol. The molecule has 0 aromatic carbocycles. The van der Waals surface area contributed by atoms with Crippen molar-refractivity contribution in [2.45, 2.75) is 45.8 Å². The van der Waals surface area contributed by atoms with Crippen LogP contribution in [-0.4, -0.2) is 34.2 Å². The van der Waals surface area contributed by atoms with Crippen molar-refractivity contribution in [2.75, 3.05) is 11.4 Å². The Morgan fingerprint density at radius 2 is 1.96 bits per heavy atom. The number of aromatic nitrogens is 2. The van der Waals surface area contributed by atoms with Crippen molar-refractivity contribution in [3.63, 3.8) is 0 Å². The molecular weight excluding hydrogens is 358 g/mol. The maximum Gasteiger partial charge on any atom is 0.407 e.